The molecule has 2 heterocycles. The second-order valence-corrected chi connectivity index (χ2v) is 8.16. The number of nitrogens with one attached hydrogen (secondary N) is 1. The maximum Gasteiger partial charge on any atom is 0.122 e. The number of aromatic nitrogens is 1. The van der Waals surface area contributed by atoms with Gasteiger partial charge in [0.15, 0.2) is 0 Å². The van der Waals surface area contributed by atoms with Crippen molar-refractivity contribution in [2.75, 3.05) is 6.61 Å². The largest absolute Gasteiger partial charge is 0.371 e. The minimum atomic E-state index is 0.148. The molecular weight excluding hydrogens is 304 g/mol. The Labute approximate surface area is 143 Å². The maximum absolute atomic E-state index is 5.73. The fourth-order valence-corrected chi connectivity index (χ4v) is 4.00. The van der Waals surface area contributed by atoms with E-state index in [1.165, 1.54) is 5.56 Å². The van der Waals surface area contributed by atoms with Gasteiger partial charge < -0.3 is 10.1 Å². The molecular formula is C19H26N2OS. The van der Waals surface area contributed by atoms with Crippen molar-refractivity contribution in [1.29, 1.82) is 0 Å². The summed E-state index contributed by atoms with van der Waals surface area (Å²) in [6.07, 6.45) is 2.48. The number of rotatable bonds is 5. The van der Waals surface area contributed by atoms with E-state index in [0.29, 0.717) is 6.04 Å². The summed E-state index contributed by atoms with van der Waals surface area (Å²) in [5.74, 6) is 0. The summed E-state index contributed by atoms with van der Waals surface area (Å²) in [6, 6.07) is 11.0. The second-order valence-electron chi connectivity index (χ2n) is 7.27. The van der Waals surface area contributed by atoms with Crippen molar-refractivity contribution in [2.45, 2.75) is 52.3 Å². The molecule has 124 valence electrons. The Morgan fingerprint density at radius 2 is 2.09 bits per heavy atom. The number of nitrogens with zero attached hydrogens (tertiary/aromatic N) is 1. The minimum Gasteiger partial charge on any atom is -0.371 e. The Bertz CT molecular complexity index is 612. The molecule has 1 fully saturated rings. The summed E-state index contributed by atoms with van der Waals surface area (Å²) >= 11 is 1.73. The van der Waals surface area contributed by atoms with Crippen LogP contribution in [0.5, 0.6) is 0 Å². The molecule has 0 saturated carbocycles. The van der Waals surface area contributed by atoms with Crippen LogP contribution in [-0.2, 0) is 11.3 Å². The van der Waals surface area contributed by atoms with Crippen molar-refractivity contribution in [1.82, 2.24) is 10.3 Å². The first kappa shape index (κ1) is 16.6. The third-order valence-corrected chi connectivity index (χ3v) is 5.25. The van der Waals surface area contributed by atoms with Crippen LogP contribution in [0, 0.1) is 5.41 Å². The molecule has 1 N–H and O–H groups in total. The topological polar surface area (TPSA) is 34.1 Å². The molecule has 0 spiro atoms. The molecule has 1 aliphatic heterocycles. The van der Waals surface area contributed by atoms with E-state index in [1.54, 1.807) is 11.3 Å². The van der Waals surface area contributed by atoms with E-state index in [9.17, 15) is 0 Å². The van der Waals surface area contributed by atoms with Crippen molar-refractivity contribution >= 4 is 11.3 Å². The van der Waals surface area contributed by atoms with Crippen LogP contribution in [0.25, 0.3) is 0 Å². The summed E-state index contributed by atoms with van der Waals surface area (Å²) in [6.45, 7) is 8.49. The van der Waals surface area contributed by atoms with Gasteiger partial charge >= 0.3 is 0 Å². The molecule has 1 aliphatic rings. The van der Waals surface area contributed by atoms with Gasteiger partial charge in [0, 0.05) is 24.6 Å². The molecule has 4 heteroatoms. The Balaban J connectivity index is 1.67. The van der Waals surface area contributed by atoms with Gasteiger partial charge in [0.1, 0.15) is 11.1 Å². The lowest BCUT2D eigenvalue weighted by atomic mass is 9.82. The molecule has 0 radical (unpaired) electrons. The van der Waals surface area contributed by atoms with Crippen molar-refractivity contribution in [3.05, 3.63) is 52.0 Å². The fourth-order valence-electron chi connectivity index (χ4n) is 3.10. The Morgan fingerprint density at radius 3 is 2.74 bits per heavy atom. The first-order chi connectivity index (χ1) is 11.0. The molecule has 0 amide bonds. The maximum atomic E-state index is 5.73. The van der Waals surface area contributed by atoms with Gasteiger partial charge in [-0.1, -0.05) is 51.1 Å². The summed E-state index contributed by atoms with van der Waals surface area (Å²) < 4.78 is 5.73. The summed E-state index contributed by atoms with van der Waals surface area (Å²) in [7, 11) is 0. The molecule has 23 heavy (non-hydrogen) atoms. The van der Waals surface area contributed by atoms with Crippen molar-refractivity contribution in [3.8, 4) is 0 Å². The zero-order valence-corrected chi connectivity index (χ0v) is 15.0. The van der Waals surface area contributed by atoms with Crippen LogP contribution in [0.4, 0.5) is 0 Å². The van der Waals surface area contributed by atoms with E-state index in [0.717, 1.165) is 36.7 Å². The van der Waals surface area contributed by atoms with Crippen LogP contribution in [0.2, 0.25) is 0 Å². The van der Waals surface area contributed by atoms with E-state index < -0.39 is 0 Å². The average Bonchev–Trinajstić information content (AvgIpc) is 3.18. The van der Waals surface area contributed by atoms with Gasteiger partial charge in [0.05, 0.1) is 5.69 Å². The third kappa shape index (κ3) is 4.19. The van der Waals surface area contributed by atoms with Gasteiger partial charge in [0.25, 0.3) is 0 Å². The Hall–Kier alpha value is -1.23. The predicted molar refractivity (Wildman–Crippen MR) is 95.5 cm³/mol. The molecule has 3 nitrogen and oxygen atoms in total. The fraction of sp³-hybridized carbons (Fsp3) is 0.526. The molecule has 0 bridgehead atoms. The monoisotopic (exact) mass is 330 g/mol. The van der Waals surface area contributed by atoms with Gasteiger partial charge in [-0.15, -0.1) is 11.3 Å². The normalized spacial score (nSPS) is 19.9. The van der Waals surface area contributed by atoms with Crippen LogP contribution >= 0.6 is 11.3 Å². The smallest absolute Gasteiger partial charge is 0.122 e. The molecule has 0 unspecified atom stereocenters. The number of benzene rings is 1. The van der Waals surface area contributed by atoms with Crippen molar-refractivity contribution in [2.24, 2.45) is 5.41 Å². The lowest BCUT2D eigenvalue weighted by Gasteiger charge is -2.32. The molecule has 0 aliphatic carbocycles. The molecule has 2 atom stereocenters. The predicted octanol–water partition coefficient (Wildman–Crippen LogP) is 4.87. The van der Waals surface area contributed by atoms with E-state index in [-0.39, 0.29) is 11.5 Å². The number of ether oxygens (including phenoxy) is 1. The van der Waals surface area contributed by atoms with E-state index >= 15 is 0 Å². The molecule has 1 saturated heterocycles. The Kier molecular flexibility index (Phi) is 5.14. The van der Waals surface area contributed by atoms with Crippen LogP contribution < -0.4 is 5.32 Å². The van der Waals surface area contributed by atoms with Gasteiger partial charge in [-0.3, -0.25) is 0 Å². The SMILES string of the molecule is CC(C)(C)[C@@H](NCc1csc([C@H]2CCCO2)n1)c1ccccc1. The third-order valence-electron chi connectivity index (χ3n) is 4.26. The van der Waals surface area contributed by atoms with Crippen LogP contribution in [0.15, 0.2) is 35.7 Å². The number of thiazole rings is 1. The van der Waals surface area contributed by atoms with Crippen molar-refractivity contribution in [3.63, 3.8) is 0 Å². The second kappa shape index (κ2) is 7.12. The lowest BCUT2D eigenvalue weighted by Crippen LogP contribution is -2.32. The lowest BCUT2D eigenvalue weighted by molar-refractivity contribution is 0.111. The Morgan fingerprint density at radius 1 is 1.30 bits per heavy atom. The average molecular weight is 330 g/mol. The summed E-state index contributed by atoms with van der Waals surface area (Å²) in [5.41, 5.74) is 2.59. The molecule has 1 aromatic heterocycles. The van der Waals surface area contributed by atoms with E-state index in [1.807, 2.05) is 0 Å². The summed E-state index contributed by atoms with van der Waals surface area (Å²) in [5, 5.41) is 6.99. The quantitative estimate of drug-likeness (QED) is 0.849. The van der Waals surface area contributed by atoms with Crippen LogP contribution in [0.1, 0.15) is 62.0 Å². The van der Waals surface area contributed by atoms with Gasteiger partial charge in [0.2, 0.25) is 0 Å². The van der Waals surface area contributed by atoms with E-state index in [2.05, 4.69) is 61.8 Å². The van der Waals surface area contributed by atoms with Gasteiger partial charge in [-0.25, -0.2) is 4.98 Å². The highest BCUT2D eigenvalue weighted by molar-refractivity contribution is 7.09. The number of hydrogen-bond acceptors (Lipinski definition) is 4. The molecule has 3 rings (SSSR count). The first-order valence-electron chi connectivity index (χ1n) is 8.38. The number of hydrogen-bond donors (Lipinski definition) is 1. The molecule has 2 aromatic rings. The highest BCUT2D eigenvalue weighted by Crippen LogP contribution is 2.34. The summed E-state index contributed by atoms with van der Waals surface area (Å²) in [4.78, 5) is 4.77. The standard InChI is InChI=1S/C19H26N2OS/c1-19(2,3)17(14-8-5-4-6-9-14)20-12-15-13-23-18(21-15)16-10-7-11-22-16/h4-6,8-9,13,16-17,20H,7,10-12H2,1-3H3/t16-,17+/m1/s1. The van der Waals surface area contributed by atoms with Crippen LogP contribution in [0.3, 0.4) is 0 Å². The minimum absolute atomic E-state index is 0.148. The zero-order valence-electron chi connectivity index (χ0n) is 14.2. The first-order valence-corrected chi connectivity index (χ1v) is 9.26. The highest BCUT2D eigenvalue weighted by Gasteiger charge is 2.26. The van der Waals surface area contributed by atoms with Crippen LogP contribution in [-0.4, -0.2) is 11.6 Å². The zero-order chi connectivity index (χ0) is 16.3. The van der Waals surface area contributed by atoms with E-state index in [4.69, 9.17) is 9.72 Å². The molecule has 1 aromatic carbocycles. The highest BCUT2D eigenvalue weighted by atomic mass is 32.1. The van der Waals surface area contributed by atoms with Gasteiger partial charge in [-0.05, 0) is 23.8 Å². The van der Waals surface area contributed by atoms with Crippen molar-refractivity contribution < 1.29 is 4.74 Å². The van der Waals surface area contributed by atoms with Gasteiger partial charge in [-0.2, -0.15) is 0 Å².